The van der Waals surface area contributed by atoms with Gasteiger partial charge in [0.15, 0.2) is 0 Å². The van der Waals surface area contributed by atoms with Crippen LogP contribution in [0, 0.1) is 5.92 Å². The van der Waals surface area contributed by atoms with Crippen LogP contribution >= 0.6 is 0 Å². The molecule has 1 aliphatic heterocycles. The van der Waals surface area contributed by atoms with Crippen molar-refractivity contribution < 1.29 is 4.79 Å². The van der Waals surface area contributed by atoms with Gasteiger partial charge < -0.3 is 10.6 Å². The summed E-state index contributed by atoms with van der Waals surface area (Å²) in [6.07, 6.45) is 5.59. The van der Waals surface area contributed by atoms with E-state index < -0.39 is 0 Å². The Morgan fingerprint density at radius 3 is 3.25 bits per heavy atom. The molecule has 16 heavy (non-hydrogen) atoms. The lowest BCUT2D eigenvalue weighted by molar-refractivity contribution is -0.125. The SMILES string of the molecule is O=C(NCc1cccnc1)C1CCCNC1. The number of piperidine rings is 1. The Morgan fingerprint density at radius 2 is 2.56 bits per heavy atom. The Bertz CT molecular complexity index is 333. The Balaban J connectivity index is 1.79. The second kappa shape index (κ2) is 5.61. The van der Waals surface area contributed by atoms with Gasteiger partial charge in [0, 0.05) is 25.5 Å². The molecule has 0 aliphatic carbocycles. The predicted octanol–water partition coefficient (Wildman–Crippen LogP) is 0.697. The van der Waals surface area contributed by atoms with Gasteiger partial charge in [-0.25, -0.2) is 0 Å². The lowest BCUT2D eigenvalue weighted by Gasteiger charge is -2.21. The van der Waals surface area contributed by atoms with Gasteiger partial charge in [0.25, 0.3) is 0 Å². The van der Waals surface area contributed by atoms with Crippen molar-refractivity contribution >= 4 is 5.91 Å². The van der Waals surface area contributed by atoms with E-state index in [1.807, 2.05) is 12.1 Å². The maximum absolute atomic E-state index is 11.8. The molecule has 0 spiro atoms. The van der Waals surface area contributed by atoms with Crippen molar-refractivity contribution in [2.45, 2.75) is 19.4 Å². The lowest BCUT2D eigenvalue weighted by atomic mass is 9.99. The minimum absolute atomic E-state index is 0.130. The first kappa shape index (κ1) is 11.1. The van der Waals surface area contributed by atoms with Crippen molar-refractivity contribution in [3.05, 3.63) is 30.1 Å². The van der Waals surface area contributed by atoms with E-state index in [1.54, 1.807) is 12.4 Å². The van der Waals surface area contributed by atoms with Crippen LogP contribution in [0.1, 0.15) is 18.4 Å². The van der Waals surface area contributed by atoms with Crippen LogP contribution in [-0.2, 0) is 11.3 Å². The number of amides is 1. The Morgan fingerprint density at radius 1 is 1.62 bits per heavy atom. The summed E-state index contributed by atoms with van der Waals surface area (Å²) in [5, 5.41) is 6.19. The minimum Gasteiger partial charge on any atom is -0.352 e. The van der Waals surface area contributed by atoms with Gasteiger partial charge in [0.2, 0.25) is 5.91 Å². The average Bonchev–Trinajstić information content (AvgIpc) is 2.38. The fourth-order valence-electron chi connectivity index (χ4n) is 1.91. The summed E-state index contributed by atoms with van der Waals surface area (Å²) in [6.45, 7) is 2.41. The summed E-state index contributed by atoms with van der Waals surface area (Å²) in [4.78, 5) is 15.8. The van der Waals surface area contributed by atoms with Crippen molar-refractivity contribution in [1.29, 1.82) is 0 Å². The topological polar surface area (TPSA) is 54.0 Å². The summed E-state index contributed by atoms with van der Waals surface area (Å²) in [5.41, 5.74) is 1.04. The highest BCUT2D eigenvalue weighted by Crippen LogP contribution is 2.09. The zero-order valence-electron chi connectivity index (χ0n) is 9.28. The third kappa shape index (κ3) is 3.03. The number of nitrogens with zero attached hydrogens (tertiary/aromatic N) is 1. The van der Waals surface area contributed by atoms with Crippen molar-refractivity contribution in [3.8, 4) is 0 Å². The molecule has 4 nitrogen and oxygen atoms in total. The molecule has 1 aromatic heterocycles. The molecule has 2 N–H and O–H groups in total. The number of carbonyl (C=O) groups is 1. The molecule has 2 heterocycles. The van der Waals surface area contributed by atoms with Gasteiger partial charge in [-0.05, 0) is 31.0 Å². The molecular weight excluding hydrogens is 202 g/mol. The van der Waals surface area contributed by atoms with Crippen LogP contribution in [0.2, 0.25) is 0 Å². The van der Waals surface area contributed by atoms with E-state index in [0.717, 1.165) is 31.5 Å². The van der Waals surface area contributed by atoms with Gasteiger partial charge in [-0.15, -0.1) is 0 Å². The van der Waals surface area contributed by atoms with Gasteiger partial charge in [0.1, 0.15) is 0 Å². The zero-order valence-corrected chi connectivity index (χ0v) is 9.28. The van der Waals surface area contributed by atoms with Gasteiger partial charge in [-0.3, -0.25) is 9.78 Å². The molecule has 0 radical (unpaired) electrons. The van der Waals surface area contributed by atoms with Crippen molar-refractivity contribution in [2.24, 2.45) is 5.92 Å². The summed E-state index contributed by atoms with van der Waals surface area (Å²) < 4.78 is 0. The van der Waals surface area contributed by atoms with Crippen molar-refractivity contribution in [1.82, 2.24) is 15.6 Å². The van der Waals surface area contributed by atoms with E-state index in [-0.39, 0.29) is 11.8 Å². The molecule has 1 fully saturated rings. The van der Waals surface area contributed by atoms with Crippen molar-refractivity contribution in [3.63, 3.8) is 0 Å². The number of pyridine rings is 1. The molecule has 0 saturated carbocycles. The van der Waals surface area contributed by atoms with Gasteiger partial charge in [0.05, 0.1) is 5.92 Å². The third-order valence-electron chi connectivity index (χ3n) is 2.86. The predicted molar refractivity (Wildman–Crippen MR) is 61.7 cm³/mol. The summed E-state index contributed by atoms with van der Waals surface area (Å²) in [7, 11) is 0. The maximum Gasteiger partial charge on any atom is 0.224 e. The number of rotatable bonds is 3. The molecule has 86 valence electrons. The van der Waals surface area contributed by atoms with Crippen LogP contribution in [0.25, 0.3) is 0 Å². The van der Waals surface area contributed by atoms with Gasteiger partial charge in [-0.1, -0.05) is 6.07 Å². The van der Waals surface area contributed by atoms with Crippen LogP contribution in [-0.4, -0.2) is 24.0 Å². The monoisotopic (exact) mass is 219 g/mol. The zero-order chi connectivity index (χ0) is 11.2. The number of aromatic nitrogens is 1. The first-order chi connectivity index (χ1) is 7.86. The molecule has 2 rings (SSSR count). The van der Waals surface area contributed by atoms with E-state index in [2.05, 4.69) is 15.6 Å². The minimum atomic E-state index is 0.130. The second-order valence-electron chi connectivity index (χ2n) is 4.12. The summed E-state index contributed by atoms with van der Waals surface area (Å²) in [6, 6.07) is 3.84. The first-order valence-electron chi connectivity index (χ1n) is 5.73. The second-order valence-corrected chi connectivity index (χ2v) is 4.12. The fraction of sp³-hybridized carbons (Fsp3) is 0.500. The summed E-state index contributed by atoms with van der Waals surface area (Å²) >= 11 is 0. The van der Waals surface area contributed by atoms with Gasteiger partial charge in [-0.2, -0.15) is 0 Å². The molecule has 0 bridgehead atoms. The number of nitrogens with one attached hydrogen (secondary N) is 2. The highest BCUT2D eigenvalue weighted by Gasteiger charge is 2.20. The van der Waals surface area contributed by atoms with E-state index >= 15 is 0 Å². The number of carbonyl (C=O) groups excluding carboxylic acids is 1. The van der Waals surface area contributed by atoms with E-state index in [4.69, 9.17) is 0 Å². The van der Waals surface area contributed by atoms with E-state index in [0.29, 0.717) is 6.54 Å². The molecule has 0 aromatic carbocycles. The highest BCUT2D eigenvalue weighted by molar-refractivity contribution is 5.78. The van der Waals surface area contributed by atoms with Gasteiger partial charge >= 0.3 is 0 Å². The molecule has 1 aliphatic rings. The molecular formula is C12H17N3O. The fourth-order valence-corrected chi connectivity index (χ4v) is 1.91. The maximum atomic E-state index is 11.8. The van der Waals surface area contributed by atoms with Crippen LogP contribution in [0.4, 0.5) is 0 Å². The highest BCUT2D eigenvalue weighted by atomic mass is 16.1. The van der Waals surface area contributed by atoms with Crippen molar-refractivity contribution in [2.75, 3.05) is 13.1 Å². The quantitative estimate of drug-likeness (QED) is 0.786. The molecule has 1 saturated heterocycles. The lowest BCUT2D eigenvalue weighted by Crippen LogP contribution is -2.40. The molecule has 1 unspecified atom stereocenters. The standard InChI is InChI=1S/C12H17N3O/c16-12(11-4-2-6-14-9-11)15-8-10-3-1-5-13-7-10/h1,3,5,7,11,14H,2,4,6,8-9H2,(H,15,16). The van der Waals surface area contributed by atoms with Crippen LogP contribution < -0.4 is 10.6 Å². The van der Waals surface area contributed by atoms with Crippen LogP contribution in [0.5, 0.6) is 0 Å². The molecule has 1 atom stereocenters. The smallest absolute Gasteiger partial charge is 0.224 e. The third-order valence-corrected chi connectivity index (χ3v) is 2.86. The Hall–Kier alpha value is -1.42. The Labute approximate surface area is 95.5 Å². The molecule has 4 heteroatoms. The summed E-state index contributed by atoms with van der Waals surface area (Å²) in [5.74, 6) is 0.279. The average molecular weight is 219 g/mol. The largest absolute Gasteiger partial charge is 0.352 e. The first-order valence-corrected chi connectivity index (χ1v) is 5.73. The molecule has 1 amide bonds. The molecule has 1 aromatic rings. The van der Waals surface area contributed by atoms with Crippen LogP contribution in [0.3, 0.4) is 0 Å². The van der Waals surface area contributed by atoms with E-state index in [9.17, 15) is 4.79 Å². The Kier molecular flexibility index (Phi) is 3.88. The van der Waals surface area contributed by atoms with Crippen LogP contribution in [0.15, 0.2) is 24.5 Å². The van der Waals surface area contributed by atoms with E-state index in [1.165, 1.54) is 0 Å². The number of hydrogen-bond acceptors (Lipinski definition) is 3. The normalized spacial score (nSPS) is 20.4. The number of hydrogen-bond donors (Lipinski definition) is 2.